The maximum absolute atomic E-state index is 8.71. The van der Waals surface area contributed by atoms with Crippen molar-refractivity contribution in [1.29, 1.82) is 5.26 Å². The van der Waals surface area contributed by atoms with E-state index in [-0.39, 0.29) is 5.41 Å². The van der Waals surface area contributed by atoms with Gasteiger partial charge in [-0.2, -0.15) is 5.26 Å². The van der Waals surface area contributed by atoms with Gasteiger partial charge in [0.25, 0.3) is 0 Å². The molecule has 0 amide bonds. The minimum absolute atomic E-state index is 0.123. The van der Waals surface area contributed by atoms with Gasteiger partial charge < -0.3 is 5.32 Å². The normalized spacial score (nSPS) is 11.1. The lowest BCUT2D eigenvalue weighted by Gasteiger charge is -2.25. The fourth-order valence-electron chi connectivity index (χ4n) is 2.10. The van der Waals surface area contributed by atoms with E-state index in [4.69, 9.17) is 5.26 Å². The summed E-state index contributed by atoms with van der Waals surface area (Å²) in [5, 5.41) is 14.4. The van der Waals surface area contributed by atoms with Crippen molar-refractivity contribution in [2.45, 2.75) is 26.7 Å². The summed E-state index contributed by atoms with van der Waals surface area (Å²) in [7, 11) is 0. The highest BCUT2D eigenvalue weighted by Crippen LogP contribution is 2.32. The predicted octanol–water partition coefficient (Wildman–Crippen LogP) is 5.16. The molecule has 1 N–H and O–H groups in total. The van der Waals surface area contributed by atoms with E-state index in [1.54, 1.807) is 11.3 Å². The molecule has 0 aliphatic carbocycles. The molecule has 0 aliphatic rings. The number of thiophene rings is 1. The Balaban J connectivity index is 2.09. The number of nitriles is 1. The Morgan fingerprint density at radius 1 is 1.20 bits per heavy atom. The van der Waals surface area contributed by atoms with Crippen LogP contribution in [0.5, 0.6) is 0 Å². The maximum Gasteiger partial charge on any atom is 0.0621 e. The molecule has 0 aliphatic heterocycles. The number of nitrogens with one attached hydrogen (secondary N) is 1. The average Bonchev–Trinajstić information content (AvgIpc) is 2.97. The van der Waals surface area contributed by atoms with Gasteiger partial charge in [0.05, 0.1) is 6.07 Å². The first-order valence-corrected chi connectivity index (χ1v) is 7.74. The highest BCUT2D eigenvalue weighted by molar-refractivity contribution is 7.13. The van der Waals surface area contributed by atoms with Crippen LogP contribution >= 0.6 is 11.3 Å². The Hall–Kier alpha value is -1.79. The van der Waals surface area contributed by atoms with Crippen LogP contribution in [0.3, 0.4) is 0 Å². The quantitative estimate of drug-likeness (QED) is 0.795. The van der Waals surface area contributed by atoms with E-state index in [0.29, 0.717) is 6.42 Å². The molecule has 1 heterocycles. The van der Waals surface area contributed by atoms with Crippen LogP contribution in [0, 0.1) is 16.7 Å². The maximum atomic E-state index is 8.71. The summed E-state index contributed by atoms with van der Waals surface area (Å²) in [6.07, 6.45) is 1.53. The van der Waals surface area contributed by atoms with Crippen LogP contribution in [-0.2, 0) is 0 Å². The Morgan fingerprint density at radius 3 is 2.70 bits per heavy atom. The summed E-state index contributed by atoms with van der Waals surface area (Å²) in [5.74, 6) is 0. The van der Waals surface area contributed by atoms with Crippen molar-refractivity contribution in [1.82, 2.24) is 0 Å². The van der Waals surface area contributed by atoms with Crippen LogP contribution in [0.15, 0.2) is 41.8 Å². The number of rotatable bonds is 6. The van der Waals surface area contributed by atoms with E-state index in [2.05, 4.69) is 67.0 Å². The van der Waals surface area contributed by atoms with Gasteiger partial charge in [-0.25, -0.2) is 0 Å². The number of nitrogens with zero attached hydrogens (tertiary/aromatic N) is 1. The lowest BCUT2D eigenvalue weighted by atomic mass is 9.88. The van der Waals surface area contributed by atoms with E-state index in [1.807, 2.05) is 0 Å². The first kappa shape index (κ1) is 14.6. The summed E-state index contributed by atoms with van der Waals surface area (Å²) in [5.41, 5.74) is 2.54. The second-order valence-corrected chi connectivity index (χ2v) is 6.65. The third-order valence-electron chi connectivity index (χ3n) is 3.38. The lowest BCUT2D eigenvalue weighted by molar-refractivity contribution is 0.364. The topological polar surface area (TPSA) is 35.8 Å². The van der Waals surface area contributed by atoms with Crippen molar-refractivity contribution >= 4 is 17.0 Å². The zero-order valence-electron chi connectivity index (χ0n) is 12.0. The molecule has 104 valence electrons. The van der Waals surface area contributed by atoms with Gasteiger partial charge in [-0.3, -0.25) is 0 Å². The van der Waals surface area contributed by atoms with Crippen LogP contribution in [0.4, 0.5) is 5.69 Å². The van der Waals surface area contributed by atoms with E-state index in [0.717, 1.165) is 13.0 Å². The minimum atomic E-state index is 0.123. The summed E-state index contributed by atoms with van der Waals surface area (Å²) < 4.78 is 0. The lowest BCUT2D eigenvalue weighted by Crippen LogP contribution is -2.23. The Kier molecular flexibility index (Phi) is 4.81. The molecule has 0 spiro atoms. The van der Waals surface area contributed by atoms with E-state index >= 15 is 0 Å². The second-order valence-electron chi connectivity index (χ2n) is 5.70. The van der Waals surface area contributed by atoms with Crippen LogP contribution in [-0.4, -0.2) is 6.54 Å². The Morgan fingerprint density at radius 2 is 2.00 bits per heavy atom. The molecule has 2 nitrogen and oxygen atoms in total. The molecule has 0 saturated carbocycles. The monoisotopic (exact) mass is 284 g/mol. The fourth-order valence-corrected chi connectivity index (χ4v) is 2.87. The zero-order valence-corrected chi connectivity index (χ0v) is 12.8. The molecular weight excluding hydrogens is 264 g/mol. The first-order valence-electron chi connectivity index (χ1n) is 6.86. The molecule has 0 bridgehead atoms. The van der Waals surface area contributed by atoms with E-state index < -0.39 is 0 Å². The molecule has 1 aromatic heterocycles. The van der Waals surface area contributed by atoms with Gasteiger partial charge in [0.1, 0.15) is 0 Å². The SMILES string of the molecule is CC(C)(CCC#N)CNc1ccccc1-c1cccs1. The Bertz CT molecular complexity index is 579. The molecule has 2 rings (SSSR count). The summed E-state index contributed by atoms with van der Waals surface area (Å²) in [6.45, 7) is 5.27. The van der Waals surface area contributed by atoms with Crippen molar-refractivity contribution in [3.05, 3.63) is 41.8 Å². The Labute approximate surface area is 125 Å². The van der Waals surface area contributed by atoms with Gasteiger partial charge in [-0.1, -0.05) is 38.1 Å². The third kappa shape index (κ3) is 3.85. The van der Waals surface area contributed by atoms with Crippen LogP contribution in [0.1, 0.15) is 26.7 Å². The standard InChI is InChI=1S/C17H20N2S/c1-17(2,10-6-11-18)13-19-15-8-4-3-7-14(15)16-9-5-12-20-16/h3-5,7-9,12,19H,6,10,13H2,1-2H3. The summed E-state index contributed by atoms with van der Waals surface area (Å²) >= 11 is 1.75. The molecule has 0 atom stereocenters. The number of benzene rings is 1. The smallest absolute Gasteiger partial charge is 0.0621 e. The van der Waals surface area contributed by atoms with E-state index in [1.165, 1.54) is 16.1 Å². The van der Waals surface area contributed by atoms with Crippen molar-refractivity contribution in [3.63, 3.8) is 0 Å². The molecule has 2 aromatic rings. The van der Waals surface area contributed by atoms with Gasteiger partial charge in [0.15, 0.2) is 0 Å². The van der Waals surface area contributed by atoms with Gasteiger partial charge in [0, 0.05) is 29.1 Å². The summed E-state index contributed by atoms with van der Waals surface area (Å²) in [4.78, 5) is 1.28. The van der Waals surface area contributed by atoms with Crippen molar-refractivity contribution < 1.29 is 0 Å². The van der Waals surface area contributed by atoms with Crippen LogP contribution in [0.2, 0.25) is 0 Å². The minimum Gasteiger partial charge on any atom is -0.384 e. The zero-order chi connectivity index (χ0) is 14.4. The number of para-hydroxylation sites is 1. The molecule has 1 aromatic carbocycles. The number of anilines is 1. The highest BCUT2D eigenvalue weighted by Gasteiger charge is 2.17. The van der Waals surface area contributed by atoms with E-state index in [9.17, 15) is 0 Å². The highest BCUT2D eigenvalue weighted by atomic mass is 32.1. The van der Waals surface area contributed by atoms with Gasteiger partial charge in [-0.15, -0.1) is 11.3 Å². The average molecular weight is 284 g/mol. The molecule has 0 saturated heterocycles. The molecule has 0 unspecified atom stereocenters. The van der Waals surface area contributed by atoms with Crippen molar-refractivity contribution in [2.75, 3.05) is 11.9 Å². The molecular formula is C17H20N2S. The predicted molar refractivity (Wildman–Crippen MR) is 86.9 cm³/mol. The van der Waals surface area contributed by atoms with Crippen LogP contribution in [0.25, 0.3) is 10.4 Å². The largest absolute Gasteiger partial charge is 0.384 e. The first-order chi connectivity index (χ1) is 9.62. The van der Waals surface area contributed by atoms with Gasteiger partial charge in [-0.05, 0) is 29.3 Å². The molecule has 20 heavy (non-hydrogen) atoms. The second kappa shape index (κ2) is 6.58. The van der Waals surface area contributed by atoms with Gasteiger partial charge >= 0.3 is 0 Å². The van der Waals surface area contributed by atoms with Gasteiger partial charge in [0.2, 0.25) is 0 Å². The van der Waals surface area contributed by atoms with Crippen molar-refractivity contribution in [2.24, 2.45) is 5.41 Å². The number of hydrogen-bond donors (Lipinski definition) is 1. The summed E-state index contributed by atoms with van der Waals surface area (Å²) in [6, 6.07) is 14.8. The fraction of sp³-hybridized carbons (Fsp3) is 0.353. The molecule has 0 fully saturated rings. The molecule has 0 radical (unpaired) electrons. The van der Waals surface area contributed by atoms with Crippen LogP contribution < -0.4 is 5.32 Å². The van der Waals surface area contributed by atoms with Crippen molar-refractivity contribution in [3.8, 4) is 16.5 Å². The number of hydrogen-bond acceptors (Lipinski definition) is 3. The molecule has 3 heteroatoms. The third-order valence-corrected chi connectivity index (χ3v) is 4.29.